The second-order valence-electron chi connectivity index (χ2n) is 1.98. The van der Waals surface area contributed by atoms with Crippen molar-refractivity contribution in [1.82, 2.24) is 10.3 Å². The first-order valence-corrected chi connectivity index (χ1v) is 3.47. The molecule has 0 spiro atoms. The third kappa shape index (κ3) is 4.10. The lowest BCUT2D eigenvalue weighted by Crippen LogP contribution is -2.15. The molecule has 9 nitrogen and oxygen atoms in total. The second kappa shape index (κ2) is 6.68. The highest BCUT2D eigenvalue weighted by Gasteiger charge is 2.09. The molecule has 0 saturated heterocycles. The predicted molar refractivity (Wildman–Crippen MR) is 47.1 cm³/mol. The van der Waals surface area contributed by atoms with Gasteiger partial charge in [0.2, 0.25) is 0 Å². The van der Waals surface area contributed by atoms with Crippen molar-refractivity contribution in [3.8, 4) is 12.1 Å². The Bertz CT molecular complexity index is 398. The summed E-state index contributed by atoms with van der Waals surface area (Å²) in [6, 6.07) is 3.31. The number of amidine groups is 1. The number of nitrogen functional groups attached to an aromatic ring is 1. The lowest BCUT2D eigenvalue weighted by molar-refractivity contribution is 0.305. The summed E-state index contributed by atoms with van der Waals surface area (Å²) in [5.41, 5.74) is 10.3. The third-order valence-corrected chi connectivity index (χ3v) is 1.02. The van der Waals surface area contributed by atoms with Gasteiger partial charge in [0.25, 0.3) is 0 Å². The Morgan fingerprint density at radius 2 is 2.07 bits per heavy atom. The Morgan fingerprint density at radius 1 is 1.47 bits per heavy atom. The van der Waals surface area contributed by atoms with Crippen LogP contribution in [0.4, 0.5) is 5.82 Å². The summed E-state index contributed by atoms with van der Waals surface area (Å²) in [4.78, 5) is 0. The van der Waals surface area contributed by atoms with Gasteiger partial charge in [-0.1, -0.05) is 5.16 Å². The lowest BCUT2D eigenvalue weighted by atomic mass is 10.4. The van der Waals surface area contributed by atoms with Gasteiger partial charge < -0.3 is 16.7 Å². The first-order chi connectivity index (χ1) is 7.17. The van der Waals surface area contributed by atoms with Crippen LogP contribution < -0.4 is 11.5 Å². The molecule has 0 saturated carbocycles. The summed E-state index contributed by atoms with van der Waals surface area (Å²) in [5.74, 6) is -0.228. The Labute approximate surface area is 84.1 Å². The number of rotatable bonds is 1. The van der Waals surface area contributed by atoms with Crippen molar-refractivity contribution in [2.75, 3.05) is 5.73 Å². The molecule has 0 atom stereocenters. The molecule has 15 heavy (non-hydrogen) atoms. The lowest BCUT2D eigenvalue weighted by Gasteiger charge is -1.87. The molecule has 5 N–H and O–H groups in total. The van der Waals surface area contributed by atoms with E-state index in [2.05, 4.69) is 20.1 Å². The Morgan fingerprint density at radius 3 is 2.33 bits per heavy atom. The number of nitrogens with two attached hydrogens (primary N) is 2. The van der Waals surface area contributed by atoms with Crippen LogP contribution in [0, 0.1) is 22.7 Å². The van der Waals surface area contributed by atoms with E-state index < -0.39 is 0 Å². The van der Waals surface area contributed by atoms with Gasteiger partial charge in [0.15, 0.2) is 17.3 Å². The van der Waals surface area contributed by atoms with Crippen LogP contribution in [0.3, 0.4) is 0 Å². The van der Waals surface area contributed by atoms with Crippen LogP contribution in [0.25, 0.3) is 0 Å². The molecule has 0 aliphatic rings. The SMILES string of the molecule is N#CCC#N.N/C(=N\O)c1nonc1N. The van der Waals surface area contributed by atoms with Crippen LogP contribution in [-0.4, -0.2) is 21.4 Å². The van der Waals surface area contributed by atoms with Crippen molar-refractivity contribution in [2.45, 2.75) is 6.42 Å². The maximum absolute atomic E-state index is 8.13. The molecule has 78 valence electrons. The fraction of sp³-hybridized carbons (Fsp3) is 0.167. The van der Waals surface area contributed by atoms with Gasteiger partial charge in [-0.15, -0.1) is 0 Å². The van der Waals surface area contributed by atoms with Gasteiger partial charge in [0, 0.05) is 0 Å². The third-order valence-electron chi connectivity index (χ3n) is 1.02. The van der Waals surface area contributed by atoms with Gasteiger partial charge in [-0.2, -0.15) is 10.5 Å². The monoisotopic (exact) mass is 209 g/mol. The minimum atomic E-state index is -0.223. The summed E-state index contributed by atoms with van der Waals surface area (Å²) < 4.78 is 4.17. The molecule has 1 aromatic rings. The number of nitrogens with zero attached hydrogens (tertiary/aromatic N) is 5. The van der Waals surface area contributed by atoms with Gasteiger partial charge in [0.05, 0.1) is 12.1 Å². The Balaban J connectivity index is 0.000000336. The minimum absolute atomic E-state index is 0. The van der Waals surface area contributed by atoms with Crippen LogP contribution in [-0.2, 0) is 0 Å². The van der Waals surface area contributed by atoms with E-state index in [9.17, 15) is 0 Å². The van der Waals surface area contributed by atoms with Crippen LogP contribution in [0.2, 0.25) is 0 Å². The standard InChI is InChI=1S/C3H5N5O2.C3H2N2/c4-2(6-9)1-3(5)8-10-7-1;4-2-1-3-5/h9H,(H2,4,6)(H2,5,8);1H2. The fourth-order valence-corrected chi connectivity index (χ4v) is 0.456. The molecule has 1 aromatic heterocycles. The van der Waals surface area contributed by atoms with E-state index >= 15 is 0 Å². The summed E-state index contributed by atoms with van der Waals surface area (Å²) >= 11 is 0. The van der Waals surface area contributed by atoms with E-state index in [1.54, 1.807) is 12.1 Å². The normalized spacial score (nSPS) is 9.33. The van der Waals surface area contributed by atoms with E-state index in [0.717, 1.165) is 0 Å². The molecule has 0 radical (unpaired) electrons. The van der Waals surface area contributed by atoms with Crippen molar-refractivity contribution < 1.29 is 9.84 Å². The molecule has 1 rings (SSSR count). The van der Waals surface area contributed by atoms with Crippen molar-refractivity contribution in [3.63, 3.8) is 0 Å². The topological polar surface area (TPSA) is 171 Å². The van der Waals surface area contributed by atoms with E-state index in [1.807, 2.05) is 0 Å². The Hall–Kier alpha value is -2.81. The molecule has 0 aliphatic heterocycles. The number of hydrogen-bond acceptors (Lipinski definition) is 8. The summed E-state index contributed by atoms with van der Waals surface area (Å²) in [6.07, 6.45) is 0. The molecule has 0 unspecified atom stereocenters. The van der Waals surface area contributed by atoms with E-state index in [4.69, 9.17) is 27.2 Å². The van der Waals surface area contributed by atoms with Crippen molar-refractivity contribution in [2.24, 2.45) is 10.9 Å². The van der Waals surface area contributed by atoms with Crippen molar-refractivity contribution in [1.29, 1.82) is 10.5 Å². The average molecular weight is 209 g/mol. The first kappa shape index (κ1) is 12.2. The zero-order valence-electron chi connectivity index (χ0n) is 7.45. The average Bonchev–Trinajstić information content (AvgIpc) is 2.65. The number of oxime groups is 1. The molecule has 0 aliphatic carbocycles. The van der Waals surface area contributed by atoms with Gasteiger partial charge in [-0.3, -0.25) is 0 Å². The van der Waals surface area contributed by atoms with Crippen LogP contribution in [0.1, 0.15) is 12.1 Å². The van der Waals surface area contributed by atoms with E-state index in [0.29, 0.717) is 0 Å². The van der Waals surface area contributed by atoms with Crippen LogP contribution in [0.15, 0.2) is 9.78 Å². The fourth-order valence-electron chi connectivity index (χ4n) is 0.456. The first-order valence-electron chi connectivity index (χ1n) is 3.47. The number of aromatic nitrogens is 2. The van der Waals surface area contributed by atoms with E-state index in [1.165, 1.54) is 0 Å². The quantitative estimate of drug-likeness (QED) is 0.232. The highest BCUT2D eigenvalue weighted by atomic mass is 16.6. The van der Waals surface area contributed by atoms with E-state index in [-0.39, 0.29) is 23.8 Å². The summed E-state index contributed by atoms with van der Waals surface area (Å²) in [7, 11) is 0. The maximum Gasteiger partial charge on any atom is 0.199 e. The molecule has 0 amide bonds. The van der Waals surface area contributed by atoms with Gasteiger partial charge in [-0.25, -0.2) is 4.63 Å². The summed E-state index contributed by atoms with van der Waals surface area (Å²) in [6.45, 7) is 0. The molecule has 0 bridgehead atoms. The zero-order valence-corrected chi connectivity index (χ0v) is 7.45. The molecule has 0 aromatic carbocycles. The van der Waals surface area contributed by atoms with Gasteiger partial charge >= 0.3 is 0 Å². The molecule has 1 heterocycles. The van der Waals surface area contributed by atoms with Crippen LogP contribution >= 0.6 is 0 Å². The highest BCUT2D eigenvalue weighted by molar-refractivity contribution is 5.98. The second-order valence-corrected chi connectivity index (χ2v) is 1.98. The molecular formula is C6H7N7O2. The Kier molecular flexibility index (Phi) is 5.43. The molecule has 0 fully saturated rings. The summed E-state index contributed by atoms with van der Waals surface area (Å²) in [5, 5.41) is 32.4. The molecular weight excluding hydrogens is 202 g/mol. The smallest absolute Gasteiger partial charge is 0.199 e. The number of hydrogen-bond donors (Lipinski definition) is 3. The molecule has 9 heteroatoms. The predicted octanol–water partition coefficient (Wildman–Crippen LogP) is -0.830. The number of anilines is 1. The van der Waals surface area contributed by atoms with Crippen molar-refractivity contribution >= 4 is 11.7 Å². The number of nitriles is 2. The van der Waals surface area contributed by atoms with Gasteiger partial charge in [0.1, 0.15) is 6.42 Å². The van der Waals surface area contributed by atoms with Gasteiger partial charge in [-0.05, 0) is 10.3 Å². The maximum atomic E-state index is 8.13. The largest absolute Gasteiger partial charge is 0.409 e. The zero-order chi connectivity index (χ0) is 11.7. The minimum Gasteiger partial charge on any atom is -0.409 e. The van der Waals surface area contributed by atoms with Crippen LogP contribution in [0.5, 0.6) is 0 Å². The highest BCUT2D eigenvalue weighted by Crippen LogP contribution is 2.01. The van der Waals surface area contributed by atoms with Crippen molar-refractivity contribution in [3.05, 3.63) is 5.69 Å².